The molecule has 2 aromatic rings. The number of carbonyl (C=O) groups is 4. The first-order valence-corrected chi connectivity index (χ1v) is 11.7. The highest BCUT2D eigenvalue weighted by atomic mass is 35.5. The van der Waals surface area contributed by atoms with Gasteiger partial charge < -0.3 is 10.2 Å². The fourth-order valence-electron chi connectivity index (χ4n) is 4.03. The molecule has 33 heavy (non-hydrogen) atoms. The highest BCUT2D eigenvalue weighted by molar-refractivity contribution is 7.08. The topological polar surface area (TPSA) is 90.0 Å². The average molecular weight is 491 g/mol. The van der Waals surface area contributed by atoms with Crippen LogP contribution in [0.4, 0.5) is 0 Å². The van der Waals surface area contributed by atoms with E-state index in [1.165, 1.54) is 16.2 Å². The lowest BCUT2D eigenvalue weighted by Crippen LogP contribution is -2.50. The fourth-order valence-corrected chi connectivity index (χ4v) is 4.67. The van der Waals surface area contributed by atoms with E-state index >= 15 is 0 Å². The van der Waals surface area contributed by atoms with E-state index in [0.717, 1.165) is 19.6 Å². The van der Waals surface area contributed by atoms with Gasteiger partial charge in [-0.05, 0) is 30.0 Å². The van der Waals surface area contributed by atoms with Gasteiger partial charge in [0.15, 0.2) is 0 Å². The van der Waals surface area contributed by atoms with Gasteiger partial charge in [-0.25, -0.2) is 0 Å². The van der Waals surface area contributed by atoms with Gasteiger partial charge in [0.25, 0.3) is 17.7 Å². The van der Waals surface area contributed by atoms with Crippen LogP contribution >= 0.6 is 23.7 Å². The second-order valence-corrected chi connectivity index (χ2v) is 8.68. The van der Waals surface area contributed by atoms with Crippen molar-refractivity contribution in [3.05, 3.63) is 57.8 Å². The molecule has 4 rings (SSSR count). The maximum absolute atomic E-state index is 12.6. The van der Waals surface area contributed by atoms with Gasteiger partial charge in [-0.2, -0.15) is 11.3 Å². The van der Waals surface area contributed by atoms with Gasteiger partial charge in [-0.15, -0.1) is 12.4 Å². The molecule has 1 fully saturated rings. The fraction of sp³-hybridized carbons (Fsp3) is 0.391. The van der Waals surface area contributed by atoms with Crippen LogP contribution in [-0.2, 0) is 4.79 Å². The molecular formula is C23H27ClN4O4S. The Morgan fingerprint density at radius 3 is 2.21 bits per heavy atom. The number of hydrogen-bond donors (Lipinski definition) is 1. The molecule has 0 radical (unpaired) electrons. The van der Waals surface area contributed by atoms with Crippen LogP contribution in [0.1, 0.15) is 43.9 Å². The minimum Gasteiger partial charge on any atom is -0.351 e. The molecular weight excluding hydrogens is 464 g/mol. The number of benzene rings is 1. The number of halogens is 1. The second kappa shape index (κ2) is 11.4. The Kier molecular flexibility index (Phi) is 8.60. The van der Waals surface area contributed by atoms with Crippen LogP contribution in [0.2, 0.25) is 0 Å². The lowest BCUT2D eigenvalue weighted by atomic mass is 10.1. The van der Waals surface area contributed by atoms with E-state index in [9.17, 15) is 19.2 Å². The van der Waals surface area contributed by atoms with Crippen LogP contribution in [0.5, 0.6) is 0 Å². The second-order valence-electron chi connectivity index (χ2n) is 7.90. The standard InChI is InChI=1S/C23H26N4O4S.ClH/c28-20(6-3-9-27-22(30)18-4-1-2-5-19(18)23(27)31)26-13-11-25(12-14-26)10-8-24-21(29)17-7-15-32-16-17;/h1-2,4-5,7,15-16H,3,6,8-14H2,(H,24,29);1H. The van der Waals surface area contributed by atoms with Gasteiger partial charge in [0.05, 0.1) is 11.1 Å². The van der Waals surface area contributed by atoms with Crippen LogP contribution in [-0.4, -0.2) is 84.1 Å². The number of hydrogen-bond acceptors (Lipinski definition) is 6. The first-order chi connectivity index (χ1) is 15.5. The van der Waals surface area contributed by atoms with Crippen molar-refractivity contribution >= 4 is 47.4 Å². The highest BCUT2D eigenvalue weighted by Crippen LogP contribution is 2.22. The summed E-state index contributed by atoms with van der Waals surface area (Å²) in [6, 6.07) is 8.61. The minimum atomic E-state index is -0.280. The van der Waals surface area contributed by atoms with Crippen molar-refractivity contribution in [2.45, 2.75) is 12.8 Å². The number of piperazine rings is 1. The Morgan fingerprint density at radius 2 is 1.61 bits per heavy atom. The summed E-state index contributed by atoms with van der Waals surface area (Å²) >= 11 is 1.50. The average Bonchev–Trinajstić information content (AvgIpc) is 3.43. The van der Waals surface area contributed by atoms with Crippen LogP contribution in [0.3, 0.4) is 0 Å². The molecule has 0 spiro atoms. The molecule has 0 saturated carbocycles. The van der Waals surface area contributed by atoms with E-state index in [1.807, 2.05) is 15.7 Å². The van der Waals surface area contributed by atoms with Crippen LogP contribution in [0.25, 0.3) is 0 Å². The van der Waals surface area contributed by atoms with Crippen LogP contribution in [0, 0.1) is 0 Å². The number of nitrogens with zero attached hydrogens (tertiary/aromatic N) is 3. The molecule has 4 amide bonds. The highest BCUT2D eigenvalue weighted by Gasteiger charge is 2.34. The van der Waals surface area contributed by atoms with Crippen molar-refractivity contribution in [2.75, 3.05) is 45.8 Å². The summed E-state index contributed by atoms with van der Waals surface area (Å²) in [5, 5.41) is 6.63. The molecule has 0 aliphatic carbocycles. The summed E-state index contributed by atoms with van der Waals surface area (Å²) in [6.07, 6.45) is 0.767. The first kappa shape index (κ1) is 24.9. The third-order valence-corrected chi connectivity index (χ3v) is 6.56. The summed E-state index contributed by atoms with van der Waals surface area (Å²) in [6.45, 7) is 4.38. The van der Waals surface area contributed by atoms with E-state index < -0.39 is 0 Å². The maximum atomic E-state index is 12.6. The zero-order chi connectivity index (χ0) is 22.5. The molecule has 1 N–H and O–H groups in total. The Hall–Kier alpha value is -2.75. The normalized spacial score (nSPS) is 15.9. The number of thiophene rings is 1. The summed E-state index contributed by atoms with van der Waals surface area (Å²) in [5.74, 6) is -0.569. The molecule has 0 atom stereocenters. The molecule has 0 bridgehead atoms. The SMILES string of the molecule is Cl.O=C(NCCN1CCN(C(=O)CCCN2C(=O)c3ccccc3C2=O)CC1)c1ccsc1. The monoisotopic (exact) mass is 490 g/mol. The summed E-state index contributed by atoms with van der Waals surface area (Å²) < 4.78 is 0. The number of amides is 4. The molecule has 1 aromatic heterocycles. The largest absolute Gasteiger partial charge is 0.351 e. The van der Waals surface area contributed by atoms with Crippen molar-refractivity contribution in [1.29, 1.82) is 0 Å². The number of nitrogens with one attached hydrogen (secondary N) is 1. The van der Waals surface area contributed by atoms with Gasteiger partial charge >= 0.3 is 0 Å². The van der Waals surface area contributed by atoms with Crippen LogP contribution < -0.4 is 5.32 Å². The van der Waals surface area contributed by atoms with Crippen molar-refractivity contribution in [2.24, 2.45) is 0 Å². The Morgan fingerprint density at radius 1 is 0.939 bits per heavy atom. The van der Waals surface area contributed by atoms with E-state index in [2.05, 4.69) is 10.2 Å². The van der Waals surface area contributed by atoms with E-state index in [1.54, 1.807) is 30.3 Å². The molecule has 1 saturated heterocycles. The van der Waals surface area contributed by atoms with Gasteiger partial charge in [-0.3, -0.25) is 29.0 Å². The molecule has 3 heterocycles. The van der Waals surface area contributed by atoms with Gasteiger partial charge in [0, 0.05) is 63.2 Å². The van der Waals surface area contributed by atoms with Crippen molar-refractivity contribution in [1.82, 2.24) is 20.0 Å². The van der Waals surface area contributed by atoms with Crippen LogP contribution in [0.15, 0.2) is 41.1 Å². The van der Waals surface area contributed by atoms with Crippen molar-refractivity contribution < 1.29 is 19.2 Å². The lowest BCUT2D eigenvalue weighted by Gasteiger charge is -2.34. The minimum absolute atomic E-state index is 0. The predicted molar refractivity (Wildman–Crippen MR) is 128 cm³/mol. The molecule has 2 aliphatic rings. The van der Waals surface area contributed by atoms with Crippen molar-refractivity contribution in [3.8, 4) is 0 Å². The molecule has 0 unspecified atom stereocenters. The summed E-state index contributed by atoms with van der Waals surface area (Å²) in [7, 11) is 0. The zero-order valence-corrected chi connectivity index (χ0v) is 19.8. The third kappa shape index (κ3) is 5.79. The zero-order valence-electron chi connectivity index (χ0n) is 18.2. The molecule has 2 aliphatic heterocycles. The summed E-state index contributed by atoms with van der Waals surface area (Å²) in [4.78, 5) is 54.6. The number of imide groups is 1. The van der Waals surface area contributed by atoms with Gasteiger partial charge in [0.1, 0.15) is 0 Å². The predicted octanol–water partition coefficient (Wildman–Crippen LogP) is 2.12. The molecule has 176 valence electrons. The molecule has 10 heteroatoms. The van der Waals surface area contributed by atoms with Gasteiger partial charge in [0.2, 0.25) is 5.91 Å². The lowest BCUT2D eigenvalue weighted by molar-refractivity contribution is -0.133. The Balaban J connectivity index is 0.00000306. The first-order valence-electron chi connectivity index (χ1n) is 10.8. The smallest absolute Gasteiger partial charge is 0.261 e. The number of carbonyl (C=O) groups excluding carboxylic acids is 4. The van der Waals surface area contributed by atoms with E-state index in [4.69, 9.17) is 0 Å². The van der Waals surface area contributed by atoms with Crippen molar-refractivity contribution in [3.63, 3.8) is 0 Å². The number of fused-ring (bicyclic) bond motifs is 1. The Labute approximate surface area is 202 Å². The maximum Gasteiger partial charge on any atom is 0.261 e. The molecule has 1 aromatic carbocycles. The quantitative estimate of drug-likeness (QED) is 0.572. The summed E-state index contributed by atoms with van der Waals surface area (Å²) in [5.41, 5.74) is 1.56. The number of rotatable bonds is 8. The third-order valence-electron chi connectivity index (χ3n) is 5.87. The molecule has 8 nitrogen and oxygen atoms in total. The van der Waals surface area contributed by atoms with E-state index in [0.29, 0.717) is 49.2 Å². The Bertz CT molecular complexity index is 971. The van der Waals surface area contributed by atoms with E-state index in [-0.39, 0.29) is 42.6 Å². The van der Waals surface area contributed by atoms with Gasteiger partial charge in [-0.1, -0.05) is 12.1 Å².